The number of benzene rings is 2. The molecule has 0 radical (unpaired) electrons. The van der Waals surface area contributed by atoms with E-state index in [1.54, 1.807) is 43.3 Å². The molecule has 0 spiro atoms. The molecule has 2 aromatic carbocycles. The highest BCUT2D eigenvalue weighted by molar-refractivity contribution is 7.89. The number of aryl methyl sites for hydroxylation is 1. The molecule has 1 N–H and O–H groups in total. The zero-order chi connectivity index (χ0) is 21.1. The maximum absolute atomic E-state index is 13.2. The summed E-state index contributed by atoms with van der Waals surface area (Å²) in [5.41, 5.74) is 3.45. The van der Waals surface area contributed by atoms with Crippen LogP contribution in [0, 0.1) is 0 Å². The second kappa shape index (κ2) is 8.74. The Hall–Kier alpha value is -2.44. The van der Waals surface area contributed by atoms with Gasteiger partial charge < -0.3 is 4.90 Å². The maximum atomic E-state index is 13.2. The van der Waals surface area contributed by atoms with Gasteiger partial charge in [0.05, 0.1) is 10.9 Å². The van der Waals surface area contributed by atoms with Gasteiger partial charge in [-0.25, -0.2) is 13.1 Å². The van der Waals surface area contributed by atoms with Crippen molar-refractivity contribution in [3.8, 4) is 0 Å². The molecule has 0 saturated heterocycles. The fraction of sp³-hybridized carbons (Fsp3) is 0.375. The van der Waals surface area contributed by atoms with Gasteiger partial charge in [-0.2, -0.15) is 0 Å². The largest absolute Gasteiger partial charge is 0.329 e. The fourth-order valence-electron chi connectivity index (χ4n) is 4.24. The summed E-state index contributed by atoms with van der Waals surface area (Å²) in [6.07, 6.45) is 8.72. The smallest absolute Gasteiger partial charge is 0.247 e. The Morgan fingerprint density at radius 3 is 2.53 bits per heavy atom. The quantitative estimate of drug-likeness (QED) is 0.682. The third kappa shape index (κ3) is 4.50. The topological polar surface area (TPSA) is 66.5 Å². The van der Waals surface area contributed by atoms with Crippen LogP contribution in [0.25, 0.3) is 6.08 Å². The van der Waals surface area contributed by atoms with Gasteiger partial charge in [0.25, 0.3) is 0 Å². The van der Waals surface area contributed by atoms with E-state index < -0.39 is 10.0 Å². The lowest BCUT2D eigenvalue weighted by Crippen LogP contribution is -2.37. The summed E-state index contributed by atoms with van der Waals surface area (Å²) in [7, 11) is -3.47. The number of nitrogens with one attached hydrogen (secondary N) is 1. The molecule has 2 aliphatic rings. The molecule has 5 nitrogen and oxygen atoms in total. The van der Waals surface area contributed by atoms with E-state index in [2.05, 4.69) is 33.9 Å². The van der Waals surface area contributed by atoms with Crippen molar-refractivity contribution < 1.29 is 13.2 Å². The van der Waals surface area contributed by atoms with Crippen molar-refractivity contribution in [3.05, 3.63) is 71.3 Å². The summed E-state index contributed by atoms with van der Waals surface area (Å²) in [5, 5.41) is 0. The molecule has 0 aromatic heterocycles. The van der Waals surface area contributed by atoms with E-state index in [9.17, 15) is 13.2 Å². The molecule has 4 rings (SSSR count). The molecule has 1 unspecified atom stereocenters. The summed E-state index contributed by atoms with van der Waals surface area (Å²) < 4.78 is 26.6. The minimum absolute atomic E-state index is 0.0311. The van der Waals surface area contributed by atoms with Gasteiger partial charge >= 0.3 is 0 Å². The lowest BCUT2D eigenvalue weighted by Gasteiger charge is -2.35. The second-order valence-corrected chi connectivity index (χ2v) is 9.75. The van der Waals surface area contributed by atoms with E-state index in [4.69, 9.17) is 0 Å². The Kier molecular flexibility index (Phi) is 6.06. The predicted molar refractivity (Wildman–Crippen MR) is 118 cm³/mol. The Morgan fingerprint density at radius 2 is 1.83 bits per heavy atom. The minimum Gasteiger partial charge on any atom is -0.329 e. The molecule has 2 aliphatic carbocycles. The Balaban J connectivity index is 1.52. The highest BCUT2D eigenvalue weighted by Crippen LogP contribution is 2.40. The van der Waals surface area contributed by atoms with Gasteiger partial charge in [-0.3, -0.25) is 4.79 Å². The van der Waals surface area contributed by atoms with E-state index in [1.165, 1.54) is 11.1 Å². The van der Waals surface area contributed by atoms with Crippen molar-refractivity contribution in [2.45, 2.75) is 56.0 Å². The molecule has 2 aromatic rings. The van der Waals surface area contributed by atoms with Crippen LogP contribution < -0.4 is 4.72 Å². The van der Waals surface area contributed by atoms with Crippen LogP contribution in [0.3, 0.4) is 0 Å². The number of fused-ring (bicyclic) bond motifs is 1. The molecule has 1 amide bonds. The highest BCUT2D eigenvalue weighted by atomic mass is 32.2. The van der Waals surface area contributed by atoms with Crippen LogP contribution >= 0.6 is 0 Å². The monoisotopic (exact) mass is 424 g/mol. The number of hydrogen-bond donors (Lipinski definition) is 1. The first-order chi connectivity index (χ1) is 14.5. The molecule has 6 heteroatoms. The molecule has 158 valence electrons. The SMILES string of the molecule is CCNS(=O)(=O)c1ccc(/C=C/C(=O)N(C2CC2)C2CCCc3ccccc32)cc1. The zero-order valence-corrected chi connectivity index (χ0v) is 18.1. The molecule has 0 bridgehead atoms. The number of sulfonamides is 1. The molecule has 1 atom stereocenters. The van der Waals surface area contributed by atoms with Crippen LogP contribution in [0.1, 0.15) is 55.3 Å². The first-order valence-corrected chi connectivity index (χ1v) is 12.2. The number of nitrogens with zero attached hydrogens (tertiary/aromatic N) is 1. The summed E-state index contributed by atoms with van der Waals surface area (Å²) in [6.45, 7) is 2.09. The van der Waals surface area contributed by atoms with Gasteiger partial charge in [0.2, 0.25) is 15.9 Å². The summed E-state index contributed by atoms with van der Waals surface area (Å²) in [4.78, 5) is 15.4. The van der Waals surface area contributed by atoms with Crippen molar-refractivity contribution in [2.75, 3.05) is 6.54 Å². The van der Waals surface area contributed by atoms with Crippen LogP contribution in [0.15, 0.2) is 59.5 Å². The first kappa shape index (κ1) is 20.8. The molecule has 0 heterocycles. The standard InChI is InChI=1S/C24H28N2O3S/c1-2-25-30(28,29)21-15-10-18(11-16-21)12-17-24(27)26(20-13-14-20)23-9-5-7-19-6-3-4-8-22(19)23/h3-4,6,8,10-12,15-17,20,23,25H,2,5,7,9,13-14H2,1H3/b17-12+. The first-order valence-electron chi connectivity index (χ1n) is 10.7. The highest BCUT2D eigenvalue weighted by Gasteiger charge is 2.38. The van der Waals surface area contributed by atoms with Crippen molar-refractivity contribution in [3.63, 3.8) is 0 Å². The molecule has 1 saturated carbocycles. The third-order valence-electron chi connectivity index (χ3n) is 5.81. The van der Waals surface area contributed by atoms with E-state index in [0.29, 0.717) is 12.6 Å². The van der Waals surface area contributed by atoms with E-state index >= 15 is 0 Å². The van der Waals surface area contributed by atoms with Crippen LogP contribution in [0.2, 0.25) is 0 Å². The van der Waals surface area contributed by atoms with E-state index in [0.717, 1.165) is 37.7 Å². The van der Waals surface area contributed by atoms with Crippen LogP contribution in [0.5, 0.6) is 0 Å². The van der Waals surface area contributed by atoms with Gasteiger partial charge in [0.1, 0.15) is 0 Å². The fourth-order valence-corrected chi connectivity index (χ4v) is 5.28. The minimum atomic E-state index is -3.47. The lowest BCUT2D eigenvalue weighted by atomic mass is 9.86. The molecular weight excluding hydrogens is 396 g/mol. The Labute approximate surface area is 178 Å². The second-order valence-electron chi connectivity index (χ2n) is 7.99. The van der Waals surface area contributed by atoms with Crippen molar-refractivity contribution >= 4 is 22.0 Å². The summed E-state index contributed by atoms with van der Waals surface area (Å²) in [6, 6.07) is 15.5. The number of hydrogen-bond acceptors (Lipinski definition) is 3. The Morgan fingerprint density at radius 1 is 1.10 bits per heavy atom. The average Bonchev–Trinajstić information content (AvgIpc) is 3.58. The van der Waals surface area contributed by atoms with Gasteiger partial charge in [-0.05, 0) is 67.0 Å². The third-order valence-corrected chi connectivity index (χ3v) is 7.37. The van der Waals surface area contributed by atoms with Gasteiger partial charge in [0, 0.05) is 18.7 Å². The number of carbonyl (C=O) groups is 1. The number of amides is 1. The average molecular weight is 425 g/mol. The molecular formula is C24H28N2O3S. The molecule has 30 heavy (non-hydrogen) atoms. The van der Waals surface area contributed by atoms with Crippen molar-refractivity contribution in [1.82, 2.24) is 9.62 Å². The summed E-state index contributed by atoms with van der Waals surface area (Å²) >= 11 is 0. The predicted octanol–water partition coefficient (Wildman–Crippen LogP) is 4.07. The lowest BCUT2D eigenvalue weighted by molar-refractivity contribution is -0.129. The number of carbonyl (C=O) groups excluding carboxylic acids is 1. The van der Waals surface area contributed by atoms with Crippen molar-refractivity contribution in [1.29, 1.82) is 0 Å². The van der Waals surface area contributed by atoms with Crippen LogP contribution in [-0.2, 0) is 21.2 Å². The molecule has 1 fully saturated rings. The maximum Gasteiger partial charge on any atom is 0.247 e. The number of rotatable bonds is 7. The molecule has 0 aliphatic heterocycles. The van der Waals surface area contributed by atoms with E-state index in [1.807, 2.05) is 0 Å². The van der Waals surface area contributed by atoms with E-state index in [-0.39, 0.29) is 16.8 Å². The van der Waals surface area contributed by atoms with Crippen LogP contribution in [0.4, 0.5) is 0 Å². The van der Waals surface area contributed by atoms with Crippen LogP contribution in [-0.4, -0.2) is 31.8 Å². The summed E-state index contributed by atoms with van der Waals surface area (Å²) in [5.74, 6) is 0.0311. The van der Waals surface area contributed by atoms with Gasteiger partial charge in [0.15, 0.2) is 0 Å². The van der Waals surface area contributed by atoms with Gasteiger partial charge in [-0.15, -0.1) is 0 Å². The van der Waals surface area contributed by atoms with Gasteiger partial charge in [-0.1, -0.05) is 43.3 Å². The Bertz CT molecular complexity index is 1040. The normalized spacial score (nSPS) is 18.9. The van der Waals surface area contributed by atoms with Crippen molar-refractivity contribution in [2.24, 2.45) is 0 Å². The zero-order valence-electron chi connectivity index (χ0n) is 17.3.